The van der Waals surface area contributed by atoms with E-state index in [1.807, 2.05) is 30.3 Å². The van der Waals surface area contributed by atoms with Gasteiger partial charge in [0.15, 0.2) is 0 Å². The minimum absolute atomic E-state index is 0.401. The molecule has 1 aromatic rings. The maximum Gasteiger partial charge on any atom is 0.102 e. The number of benzene rings is 1. The summed E-state index contributed by atoms with van der Waals surface area (Å²) in [6.45, 7) is 3.37. The lowest BCUT2D eigenvalue weighted by Crippen LogP contribution is -2.07. The van der Waals surface area contributed by atoms with E-state index in [-0.39, 0.29) is 0 Å². The standard InChI is InChI=1S/C15H24O2/c1-2-3-4-5-9-12-17-13-15(16)14-10-7-6-8-11-14/h6-8,10-11,15-16H,2-5,9,12-13H2,1H3. The number of hydrogen-bond donors (Lipinski definition) is 1. The first-order valence-corrected chi connectivity index (χ1v) is 6.65. The Labute approximate surface area is 105 Å². The monoisotopic (exact) mass is 236 g/mol. The van der Waals surface area contributed by atoms with Crippen LogP contribution in [0.25, 0.3) is 0 Å². The Morgan fingerprint density at radius 2 is 1.76 bits per heavy atom. The molecule has 0 saturated heterocycles. The van der Waals surface area contributed by atoms with Gasteiger partial charge in [-0.25, -0.2) is 0 Å². The molecular formula is C15H24O2. The van der Waals surface area contributed by atoms with E-state index >= 15 is 0 Å². The fourth-order valence-corrected chi connectivity index (χ4v) is 1.77. The predicted octanol–water partition coefficient (Wildman–Crippen LogP) is 3.71. The van der Waals surface area contributed by atoms with Gasteiger partial charge < -0.3 is 9.84 Å². The molecule has 0 bridgehead atoms. The van der Waals surface area contributed by atoms with E-state index in [0.29, 0.717) is 6.61 Å². The molecule has 1 unspecified atom stereocenters. The van der Waals surface area contributed by atoms with Crippen molar-refractivity contribution >= 4 is 0 Å². The average Bonchev–Trinajstić information content (AvgIpc) is 2.38. The second-order valence-electron chi connectivity index (χ2n) is 4.42. The number of aliphatic hydroxyl groups excluding tert-OH is 1. The molecule has 96 valence electrons. The third kappa shape index (κ3) is 6.44. The normalized spacial score (nSPS) is 12.6. The third-order valence-corrected chi connectivity index (χ3v) is 2.85. The summed E-state index contributed by atoms with van der Waals surface area (Å²) >= 11 is 0. The highest BCUT2D eigenvalue weighted by molar-refractivity contribution is 5.17. The molecule has 0 radical (unpaired) electrons. The summed E-state index contributed by atoms with van der Waals surface area (Å²) in [7, 11) is 0. The molecule has 2 nitrogen and oxygen atoms in total. The Hall–Kier alpha value is -0.860. The van der Waals surface area contributed by atoms with Crippen molar-refractivity contribution in [1.29, 1.82) is 0 Å². The van der Waals surface area contributed by atoms with Gasteiger partial charge in [0.05, 0.1) is 6.61 Å². The van der Waals surface area contributed by atoms with Gasteiger partial charge in [-0.3, -0.25) is 0 Å². The topological polar surface area (TPSA) is 29.5 Å². The molecule has 0 heterocycles. The summed E-state index contributed by atoms with van der Waals surface area (Å²) in [6, 6.07) is 9.67. The average molecular weight is 236 g/mol. The Morgan fingerprint density at radius 1 is 1.06 bits per heavy atom. The van der Waals surface area contributed by atoms with Crippen molar-refractivity contribution in [3.63, 3.8) is 0 Å². The van der Waals surface area contributed by atoms with Gasteiger partial charge in [0.2, 0.25) is 0 Å². The van der Waals surface area contributed by atoms with Gasteiger partial charge in [0.25, 0.3) is 0 Å². The van der Waals surface area contributed by atoms with Crippen molar-refractivity contribution in [3.05, 3.63) is 35.9 Å². The van der Waals surface area contributed by atoms with Crippen LogP contribution in [0.1, 0.15) is 50.7 Å². The van der Waals surface area contributed by atoms with E-state index in [2.05, 4.69) is 6.92 Å². The number of aliphatic hydroxyl groups is 1. The largest absolute Gasteiger partial charge is 0.386 e. The molecule has 2 heteroatoms. The molecule has 0 saturated carbocycles. The molecule has 1 rings (SSSR count). The Kier molecular flexibility index (Phi) is 7.69. The zero-order valence-corrected chi connectivity index (χ0v) is 10.8. The molecule has 0 fully saturated rings. The molecule has 0 aromatic heterocycles. The lowest BCUT2D eigenvalue weighted by atomic mass is 10.1. The summed E-state index contributed by atoms with van der Waals surface area (Å²) in [5.74, 6) is 0. The van der Waals surface area contributed by atoms with Crippen LogP contribution in [-0.2, 0) is 4.74 Å². The van der Waals surface area contributed by atoms with Gasteiger partial charge in [-0.05, 0) is 12.0 Å². The van der Waals surface area contributed by atoms with Crippen LogP contribution in [0.3, 0.4) is 0 Å². The van der Waals surface area contributed by atoms with Crippen LogP contribution in [0.15, 0.2) is 30.3 Å². The molecule has 1 atom stereocenters. The lowest BCUT2D eigenvalue weighted by molar-refractivity contribution is 0.0344. The van der Waals surface area contributed by atoms with Gasteiger partial charge in [-0.15, -0.1) is 0 Å². The van der Waals surface area contributed by atoms with Gasteiger partial charge in [-0.2, -0.15) is 0 Å². The van der Waals surface area contributed by atoms with Gasteiger partial charge in [0, 0.05) is 6.61 Å². The summed E-state index contributed by atoms with van der Waals surface area (Å²) in [5, 5.41) is 9.84. The fourth-order valence-electron chi connectivity index (χ4n) is 1.77. The van der Waals surface area contributed by atoms with E-state index in [0.717, 1.165) is 18.6 Å². The molecule has 0 spiro atoms. The second-order valence-corrected chi connectivity index (χ2v) is 4.42. The Balaban J connectivity index is 2.03. The zero-order valence-electron chi connectivity index (χ0n) is 10.8. The van der Waals surface area contributed by atoms with Crippen molar-refractivity contribution in [2.45, 2.75) is 45.1 Å². The van der Waals surface area contributed by atoms with Crippen molar-refractivity contribution in [2.24, 2.45) is 0 Å². The highest BCUT2D eigenvalue weighted by atomic mass is 16.5. The van der Waals surface area contributed by atoms with Crippen molar-refractivity contribution < 1.29 is 9.84 Å². The zero-order chi connectivity index (χ0) is 12.3. The number of rotatable bonds is 9. The van der Waals surface area contributed by atoms with Crippen LogP contribution in [0.5, 0.6) is 0 Å². The van der Waals surface area contributed by atoms with Crippen LogP contribution < -0.4 is 0 Å². The van der Waals surface area contributed by atoms with Gasteiger partial charge >= 0.3 is 0 Å². The summed E-state index contributed by atoms with van der Waals surface area (Å²) in [5.41, 5.74) is 0.929. The third-order valence-electron chi connectivity index (χ3n) is 2.85. The quantitative estimate of drug-likeness (QED) is 0.662. The SMILES string of the molecule is CCCCCCCOCC(O)c1ccccc1. The maximum absolute atomic E-state index is 9.84. The first-order chi connectivity index (χ1) is 8.34. The van der Waals surface area contributed by atoms with E-state index in [1.165, 1.54) is 25.7 Å². The fraction of sp³-hybridized carbons (Fsp3) is 0.600. The molecule has 1 aromatic carbocycles. The first-order valence-electron chi connectivity index (χ1n) is 6.65. The molecule has 1 N–H and O–H groups in total. The van der Waals surface area contributed by atoms with E-state index < -0.39 is 6.10 Å². The van der Waals surface area contributed by atoms with E-state index in [4.69, 9.17) is 4.74 Å². The smallest absolute Gasteiger partial charge is 0.102 e. The minimum atomic E-state index is -0.494. The summed E-state index contributed by atoms with van der Waals surface area (Å²) in [4.78, 5) is 0. The summed E-state index contributed by atoms with van der Waals surface area (Å²) < 4.78 is 5.48. The molecule has 0 amide bonds. The van der Waals surface area contributed by atoms with Crippen LogP contribution in [0, 0.1) is 0 Å². The molecule has 0 aliphatic rings. The molecule has 0 aliphatic heterocycles. The van der Waals surface area contributed by atoms with Crippen LogP contribution in [0.2, 0.25) is 0 Å². The molecule has 0 aliphatic carbocycles. The van der Waals surface area contributed by atoms with Crippen LogP contribution in [-0.4, -0.2) is 18.3 Å². The number of unbranched alkanes of at least 4 members (excludes halogenated alkanes) is 4. The minimum Gasteiger partial charge on any atom is -0.386 e. The highest BCUT2D eigenvalue weighted by Gasteiger charge is 2.05. The van der Waals surface area contributed by atoms with Crippen LogP contribution in [0.4, 0.5) is 0 Å². The van der Waals surface area contributed by atoms with Gasteiger partial charge in [-0.1, -0.05) is 62.9 Å². The molecular weight excluding hydrogens is 212 g/mol. The highest BCUT2D eigenvalue weighted by Crippen LogP contribution is 2.12. The van der Waals surface area contributed by atoms with Crippen molar-refractivity contribution in [1.82, 2.24) is 0 Å². The lowest BCUT2D eigenvalue weighted by Gasteiger charge is -2.11. The van der Waals surface area contributed by atoms with Crippen molar-refractivity contribution in [3.8, 4) is 0 Å². The van der Waals surface area contributed by atoms with E-state index in [1.54, 1.807) is 0 Å². The molecule has 17 heavy (non-hydrogen) atoms. The second kappa shape index (κ2) is 9.20. The predicted molar refractivity (Wildman–Crippen MR) is 71.0 cm³/mol. The van der Waals surface area contributed by atoms with Crippen molar-refractivity contribution in [2.75, 3.05) is 13.2 Å². The Bertz CT molecular complexity index is 272. The van der Waals surface area contributed by atoms with E-state index in [9.17, 15) is 5.11 Å². The number of ether oxygens (including phenoxy) is 1. The number of hydrogen-bond acceptors (Lipinski definition) is 2. The Morgan fingerprint density at radius 3 is 2.47 bits per heavy atom. The van der Waals surface area contributed by atoms with Gasteiger partial charge in [0.1, 0.15) is 6.10 Å². The summed E-state index contributed by atoms with van der Waals surface area (Å²) in [6.07, 6.45) is 5.71. The van der Waals surface area contributed by atoms with Crippen LogP contribution >= 0.6 is 0 Å². The first kappa shape index (κ1) is 14.2. The maximum atomic E-state index is 9.84.